The van der Waals surface area contributed by atoms with Crippen molar-refractivity contribution >= 4 is 0 Å². The van der Waals surface area contributed by atoms with E-state index < -0.39 is 0 Å². The first kappa shape index (κ1) is 22.4. The van der Waals surface area contributed by atoms with E-state index in [0.717, 1.165) is 49.4 Å². The van der Waals surface area contributed by atoms with Gasteiger partial charge in [-0.2, -0.15) is 5.10 Å². The number of aromatic amines is 1. The molecule has 2 aromatic rings. The second-order valence-corrected chi connectivity index (χ2v) is 9.28. The van der Waals surface area contributed by atoms with Crippen LogP contribution in [0.4, 0.5) is 4.39 Å². The Balaban J connectivity index is 1.40. The van der Waals surface area contributed by atoms with Crippen molar-refractivity contribution < 1.29 is 9.50 Å². The lowest BCUT2D eigenvalue weighted by atomic mass is 9.97. The van der Waals surface area contributed by atoms with Crippen LogP contribution in [0.5, 0.6) is 0 Å². The number of hydrogen-bond acceptors (Lipinski definition) is 5. The molecule has 2 fully saturated rings. The zero-order chi connectivity index (χ0) is 21.8. The Labute approximate surface area is 185 Å². The zero-order valence-electron chi connectivity index (χ0n) is 18.8. The van der Waals surface area contributed by atoms with Crippen LogP contribution in [0.15, 0.2) is 30.5 Å². The molecule has 1 atom stereocenters. The molecule has 170 valence electrons. The maximum Gasteiger partial charge on any atom is 0.123 e. The minimum Gasteiger partial charge on any atom is -0.396 e. The first-order chi connectivity index (χ1) is 15.0. The third-order valence-corrected chi connectivity index (χ3v) is 7.00. The molecule has 3 heterocycles. The number of rotatable bonds is 7. The largest absolute Gasteiger partial charge is 0.396 e. The summed E-state index contributed by atoms with van der Waals surface area (Å²) in [6.07, 6.45) is 5.09. The van der Waals surface area contributed by atoms with Crippen molar-refractivity contribution in [2.24, 2.45) is 0 Å². The lowest BCUT2D eigenvalue weighted by Crippen LogP contribution is -2.58. The van der Waals surface area contributed by atoms with Gasteiger partial charge in [0.2, 0.25) is 0 Å². The van der Waals surface area contributed by atoms with Gasteiger partial charge in [0, 0.05) is 62.0 Å². The molecule has 6 nitrogen and oxygen atoms in total. The molecule has 0 saturated carbocycles. The Hall–Kier alpha value is -1.80. The number of aromatic nitrogens is 2. The predicted molar refractivity (Wildman–Crippen MR) is 121 cm³/mol. The number of hydrogen-bond donors (Lipinski definition) is 2. The number of nitrogens with one attached hydrogen (secondary N) is 1. The number of likely N-dealkylation sites (tertiary alicyclic amines) is 1. The van der Waals surface area contributed by atoms with Crippen LogP contribution in [0.25, 0.3) is 11.3 Å². The van der Waals surface area contributed by atoms with E-state index in [-0.39, 0.29) is 12.4 Å². The standard InChI is InChI=1S/C24H36FN5O/c1-18(2)29-9-6-22(7-10-29)30-12-11-28(17-23(30)8-13-31)16-20-15-26-27-24(20)19-4-3-5-21(25)14-19/h3-5,14-15,18,22-23,31H,6-13,16-17H2,1-2H3,(H,26,27)/t23-/m1/s1. The lowest BCUT2D eigenvalue weighted by Gasteiger charge is -2.48. The van der Waals surface area contributed by atoms with Crippen molar-refractivity contribution in [1.29, 1.82) is 0 Å². The molecule has 1 aromatic carbocycles. The summed E-state index contributed by atoms with van der Waals surface area (Å²) in [5, 5.41) is 17.0. The van der Waals surface area contributed by atoms with Crippen LogP contribution in [0.3, 0.4) is 0 Å². The van der Waals surface area contributed by atoms with Crippen LogP contribution in [-0.4, -0.2) is 87.5 Å². The van der Waals surface area contributed by atoms with E-state index in [1.165, 1.54) is 32.0 Å². The summed E-state index contributed by atoms with van der Waals surface area (Å²) in [5.41, 5.74) is 2.81. The average Bonchev–Trinajstić information content (AvgIpc) is 3.22. The van der Waals surface area contributed by atoms with Gasteiger partial charge in [-0.1, -0.05) is 12.1 Å². The van der Waals surface area contributed by atoms with Gasteiger partial charge < -0.3 is 10.0 Å². The average molecular weight is 430 g/mol. The molecule has 2 aliphatic heterocycles. The van der Waals surface area contributed by atoms with Crippen LogP contribution in [-0.2, 0) is 6.54 Å². The van der Waals surface area contributed by atoms with Crippen LogP contribution in [0, 0.1) is 5.82 Å². The fourth-order valence-electron chi connectivity index (χ4n) is 5.26. The van der Waals surface area contributed by atoms with E-state index in [2.05, 4.69) is 38.7 Å². The summed E-state index contributed by atoms with van der Waals surface area (Å²) in [7, 11) is 0. The van der Waals surface area contributed by atoms with Gasteiger partial charge in [0.1, 0.15) is 5.82 Å². The SMILES string of the molecule is CC(C)N1CCC(N2CCN(Cc3cn[nH]c3-c3cccc(F)c3)C[C@H]2CCO)CC1. The molecule has 7 heteroatoms. The Bertz CT molecular complexity index is 833. The van der Waals surface area contributed by atoms with Gasteiger partial charge in [-0.3, -0.25) is 14.9 Å². The topological polar surface area (TPSA) is 58.6 Å². The fraction of sp³-hybridized carbons (Fsp3) is 0.625. The van der Waals surface area contributed by atoms with Gasteiger partial charge in [0.05, 0.1) is 11.9 Å². The van der Waals surface area contributed by atoms with Gasteiger partial charge in [-0.05, 0) is 58.3 Å². The van der Waals surface area contributed by atoms with Gasteiger partial charge in [0.15, 0.2) is 0 Å². The van der Waals surface area contributed by atoms with E-state index in [1.807, 2.05) is 12.3 Å². The summed E-state index contributed by atoms with van der Waals surface area (Å²) in [5.74, 6) is -0.238. The molecule has 31 heavy (non-hydrogen) atoms. The molecular weight excluding hydrogens is 393 g/mol. The molecule has 0 amide bonds. The molecule has 0 spiro atoms. The highest BCUT2D eigenvalue weighted by Crippen LogP contribution is 2.27. The third-order valence-electron chi connectivity index (χ3n) is 7.00. The van der Waals surface area contributed by atoms with Crippen molar-refractivity contribution in [1.82, 2.24) is 24.9 Å². The Morgan fingerprint density at radius 2 is 2.00 bits per heavy atom. The molecule has 0 bridgehead atoms. The van der Waals surface area contributed by atoms with Gasteiger partial charge >= 0.3 is 0 Å². The van der Waals surface area contributed by atoms with E-state index >= 15 is 0 Å². The Kier molecular flexibility index (Phi) is 7.38. The second kappa shape index (κ2) is 10.2. The third kappa shape index (κ3) is 5.34. The number of halogens is 1. The van der Waals surface area contributed by atoms with Crippen LogP contribution >= 0.6 is 0 Å². The number of aliphatic hydroxyl groups is 1. The maximum atomic E-state index is 13.7. The van der Waals surface area contributed by atoms with E-state index in [1.54, 1.807) is 12.1 Å². The quantitative estimate of drug-likeness (QED) is 0.709. The van der Waals surface area contributed by atoms with Crippen LogP contribution in [0.2, 0.25) is 0 Å². The fourth-order valence-corrected chi connectivity index (χ4v) is 5.26. The van der Waals surface area contributed by atoms with Gasteiger partial charge in [-0.15, -0.1) is 0 Å². The van der Waals surface area contributed by atoms with E-state index in [9.17, 15) is 9.50 Å². The summed E-state index contributed by atoms with van der Waals surface area (Å²) < 4.78 is 13.7. The number of piperidine rings is 1. The number of aliphatic hydroxyl groups excluding tert-OH is 1. The molecule has 2 aliphatic rings. The Morgan fingerprint density at radius 1 is 1.19 bits per heavy atom. The number of nitrogens with zero attached hydrogens (tertiary/aromatic N) is 4. The second-order valence-electron chi connectivity index (χ2n) is 9.28. The Morgan fingerprint density at radius 3 is 2.71 bits per heavy atom. The van der Waals surface area contributed by atoms with Crippen molar-refractivity contribution in [3.63, 3.8) is 0 Å². The van der Waals surface area contributed by atoms with Crippen LogP contribution < -0.4 is 0 Å². The smallest absolute Gasteiger partial charge is 0.123 e. The summed E-state index contributed by atoms with van der Waals surface area (Å²) in [4.78, 5) is 7.68. The minimum absolute atomic E-state index is 0.222. The molecule has 0 unspecified atom stereocenters. The highest BCUT2D eigenvalue weighted by molar-refractivity contribution is 5.62. The summed E-state index contributed by atoms with van der Waals surface area (Å²) >= 11 is 0. The molecule has 4 rings (SSSR count). The van der Waals surface area contributed by atoms with E-state index in [4.69, 9.17) is 0 Å². The maximum absolute atomic E-state index is 13.7. The molecule has 0 radical (unpaired) electrons. The predicted octanol–water partition coefficient (Wildman–Crippen LogP) is 2.96. The van der Waals surface area contributed by atoms with Gasteiger partial charge in [0.25, 0.3) is 0 Å². The molecule has 2 N–H and O–H groups in total. The molecule has 0 aliphatic carbocycles. The van der Waals surface area contributed by atoms with Crippen molar-refractivity contribution in [3.05, 3.63) is 41.8 Å². The van der Waals surface area contributed by atoms with Crippen LogP contribution in [0.1, 0.15) is 38.7 Å². The minimum atomic E-state index is -0.238. The highest BCUT2D eigenvalue weighted by Gasteiger charge is 2.34. The zero-order valence-corrected chi connectivity index (χ0v) is 18.8. The molecular formula is C24H36FN5O. The summed E-state index contributed by atoms with van der Waals surface area (Å²) in [6.45, 7) is 10.9. The highest BCUT2D eigenvalue weighted by atomic mass is 19.1. The van der Waals surface area contributed by atoms with Crippen molar-refractivity contribution in [2.75, 3.05) is 39.3 Å². The number of H-pyrrole nitrogens is 1. The van der Waals surface area contributed by atoms with E-state index in [0.29, 0.717) is 18.1 Å². The number of benzene rings is 1. The van der Waals surface area contributed by atoms with Gasteiger partial charge in [-0.25, -0.2) is 4.39 Å². The van der Waals surface area contributed by atoms with Crippen molar-refractivity contribution in [3.8, 4) is 11.3 Å². The normalized spacial score (nSPS) is 22.4. The molecule has 1 aromatic heterocycles. The van der Waals surface area contributed by atoms with Crippen molar-refractivity contribution in [2.45, 2.75) is 57.8 Å². The first-order valence-electron chi connectivity index (χ1n) is 11.7. The lowest BCUT2D eigenvalue weighted by molar-refractivity contribution is 0.00000985. The monoisotopic (exact) mass is 429 g/mol. The first-order valence-corrected chi connectivity index (χ1v) is 11.7. The summed E-state index contributed by atoms with van der Waals surface area (Å²) in [6, 6.07) is 8.26. The molecule has 2 saturated heterocycles. The number of piperazine rings is 1.